The van der Waals surface area contributed by atoms with Gasteiger partial charge in [-0.15, -0.1) is 0 Å². The molecule has 2 rings (SSSR count). The van der Waals surface area contributed by atoms with Crippen molar-refractivity contribution >= 4 is 5.91 Å². The molecular weight excluding hydrogens is 228 g/mol. The Labute approximate surface area is 109 Å². The minimum absolute atomic E-state index is 0.0819. The summed E-state index contributed by atoms with van der Waals surface area (Å²) in [6.07, 6.45) is 2.81. The van der Waals surface area contributed by atoms with Crippen LogP contribution in [0.15, 0.2) is 0 Å². The van der Waals surface area contributed by atoms with Gasteiger partial charge in [0.1, 0.15) is 5.54 Å². The normalized spacial score (nSPS) is 34.1. The van der Waals surface area contributed by atoms with Gasteiger partial charge in [0.05, 0.1) is 6.07 Å². The predicted octanol–water partition coefficient (Wildman–Crippen LogP) is 0.172. The Morgan fingerprint density at radius 3 is 2.33 bits per heavy atom. The van der Waals surface area contributed by atoms with E-state index in [4.69, 9.17) is 11.0 Å². The molecule has 2 fully saturated rings. The van der Waals surface area contributed by atoms with Gasteiger partial charge in [0.15, 0.2) is 0 Å². The molecule has 0 bridgehead atoms. The van der Waals surface area contributed by atoms with E-state index in [1.54, 1.807) is 0 Å². The molecule has 18 heavy (non-hydrogen) atoms. The van der Waals surface area contributed by atoms with Crippen LogP contribution in [-0.2, 0) is 4.79 Å². The third-order valence-corrected chi connectivity index (χ3v) is 4.26. The zero-order valence-corrected chi connectivity index (χ0v) is 11.1. The zero-order chi connectivity index (χ0) is 13.2. The molecule has 1 aliphatic heterocycles. The molecule has 0 atom stereocenters. The van der Waals surface area contributed by atoms with E-state index in [1.165, 1.54) is 0 Å². The molecule has 5 heteroatoms. The Kier molecular flexibility index (Phi) is 3.88. The molecule has 0 radical (unpaired) electrons. The number of nitrogens with two attached hydrogens (primary N) is 1. The number of amides is 1. The number of carbonyl (C=O) groups excluding carboxylic acids is 1. The van der Waals surface area contributed by atoms with E-state index in [1.807, 2.05) is 4.90 Å². The van der Waals surface area contributed by atoms with E-state index in [0.717, 1.165) is 39.0 Å². The molecule has 0 aromatic heterocycles. The number of nitrogens with zero attached hydrogens (tertiary/aromatic N) is 3. The quantitative estimate of drug-likeness (QED) is 0.720. The molecule has 1 heterocycles. The maximum Gasteiger partial charge on any atom is 0.225 e. The summed E-state index contributed by atoms with van der Waals surface area (Å²) < 4.78 is 0. The number of rotatable bonds is 1. The van der Waals surface area contributed by atoms with Gasteiger partial charge in [-0.3, -0.25) is 4.79 Å². The Morgan fingerprint density at radius 2 is 1.83 bits per heavy atom. The second-order valence-corrected chi connectivity index (χ2v) is 5.67. The Bertz CT molecular complexity index is 346. The van der Waals surface area contributed by atoms with Gasteiger partial charge >= 0.3 is 0 Å². The first kappa shape index (κ1) is 13.3. The fourth-order valence-corrected chi connectivity index (χ4v) is 2.78. The molecule has 1 saturated carbocycles. The molecular formula is C13H22N4O. The molecule has 0 aromatic rings. The van der Waals surface area contributed by atoms with E-state index >= 15 is 0 Å². The van der Waals surface area contributed by atoms with Crippen LogP contribution in [0.5, 0.6) is 0 Å². The molecule has 0 unspecified atom stereocenters. The SMILES string of the molecule is CN1CCN(C(=O)C2CCC(N)(C#N)CC2)CC1. The van der Waals surface area contributed by atoms with E-state index in [0.29, 0.717) is 12.8 Å². The van der Waals surface area contributed by atoms with Crippen molar-refractivity contribution in [1.82, 2.24) is 9.80 Å². The number of nitriles is 1. The number of hydrogen-bond acceptors (Lipinski definition) is 4. The lowest BCUT2D eigenvalue weighted by molar-refractivity contribution is -0.138. The van der Waals surface area contributed by atoms with Crippen LogP contribution in [0.25, 0.3) is 0 Å². The summed E-state index contributed by atoms with van der Waals surface area (Å²) in [4.78, 5) is 16.6. The summed E-state index contributed by atoms with van der Waals surface area (Å²) in [7, 11) is 2.08. The molecule has 1 saturated heterocycles. The number of piperazine rings is 1. The number of hydrogen-bond donors (Lipinski definition) is 1. The largest absolute Gasteiger partial charge is 0.340 e. The Morgan fingerprint density at radius 1 is 1.28 bits per heavy atom. The summed E-state index contributed by atoms with van der Waals surface area (Å²) in [5.74, 6) is 0.349. The first-order chi connectivity index (χ1) is 8.54. The topological polar surface area (TPSA) is 73.4 Å². The molecule has 2 N–H and O–H groups in total. The zero-order valence-electron chi connectivity index (χ0n) is 11.1. The van der Waals surface area contributed by atoms with Crippen LogP contribution in [0.1, 0.15) is 25.7 Å². The summed E-state index contributed by atoms with van der Waals surface area (Å²) in [5, 5.41) is 8.98. The summed E-state index contributed by atoms with van der Waals surface area (Å²) in [6, 6.07) is 2.17. The average Bonchev–Trinajstić information content (AvgIpc) is 2.40. The molecule has 0 aromatic carbocycles. The first-order valence-corrected chi connectivity index (χ1v) is 6.71. The van der Waals surface area contributed by atoms with Crippen LogP contribution in [0.4, 0.5) is 0 Å². The van der Waals surface area contributed by atoms with E-state index < -0.39 is 5.54 Å². The molecule has 0 spiro atoms. The minimum Gasteiger partial charge on any atom is -0.340 e. The number of likely N-dealkylation sites (N-methyl/N-ethyl adjacent to an activating group) is 1. The van der Waals surface area contributed by atoms with Crippen LogP contribution in [0, 0.1) is 17.2 Å². The van der Waals surface area contributed by atoms with Crippen molar-refractivity contribution in [3.8, 4) is 6.07 Å². The van der Waals surface area contributed by atoms with Gasteiger partial charge in [-0.25, -0.2) is 0 Å². The van der Waals surface area contributed by atoms with E-state index in [9.17, 15) is 4.79 Å². The van der Waals surface area contributed by atoms with Crippen LogP contribution >= 0.6 is 0 Å². The summed E-state index contributed by atoms with van der Waals surface area (Å²) >= 11 is 0. The summed E-state index contributed by atoms with van der Waals surface area (Å²) in [6.45, 7) is 3.57. The highest BCUT2D eigenvalue weighted by Gasteiger charge is 2.36. The number of carbonyl (C=O) groups is 1. The van der Waals surface area contributed by atoms with Crippen LogP contribution in [0.3, 0.4) is 0 Å². The predicted molar refractivity (Wildman–Crippen MR) is 68.6 cm³/mol. The Hall–Kier alpha value is -1.12. The van der Waals surface area contributed by atoms with Gasteiger partial charge in [0.25, 0.3) is 0 Å². The molecule has 100 valence electrons. The van der Waals surface area contributed by atoms with Crippen LogP contribution in [-0.4, -0.2) is 54.5 Å². The maximum absolute atomic E-state index is 12.3. The van der Waals surface area contributed by atoms with Crippen molar-refractivity contribution in [2.75, 3.05) is 33.2 Å². The average molecular weight is 250 g/mol. The lowest BCUT2D eigenvalue weighted by Crippen LogP contribution is -2.51. The standard InChI is InChI=1S/C13H22N4O/c1-16-6-8-17(9-7-16)12(18)11-2-4-13(15,10-14)5-3-11/h11H,2-9,15H2,1H3. The monoisotopic (exact) mass is 250 g/mol. The van der Waals surface area contributed by atoms with Crippen LogP contribution in [0.2, 0.25) is 0 Å². The van der Waals surface area contributed by atoms with Gasteiger partial charge in [0, 0.05) is 32.1 Å². The highest BCUT2D eigenvalue weighted by molar-refractivity contribution is 5.79. The minimum atomic E-state index is -0.696. The highest BCUT2D eigenvalue weighted by Crippen LogP contribution is 2.31. The molecule has 1 amide bonds. The second kappa shape index (κ2) is 5.25. The fraction of sp³-hybridized carbons (Fsp3) is 0.846. The van der Waals surface area contributed by atoms with Gasteiger partial charge < -0.3 is 15.5 Å². The van der Waals surface area contributed by atoms with Gasteiger partial charge in [-0.05, 0) is 32.7 Å². The van der Waals surface area contributed by atoms with Crippen molar-refractivity contribution in [1.29, 1.82) is 5.26 Å². The molecule has 2 aliphatic rings. The first-order valence-electron chi connectivity index (χ1n) is 6.71. The van der Waals surface area contributed by atoms with Crippen LogP contribution < -0.4 is 5.73 Å². The van der Waals surface area contributed by atoms with Crippen molar-refractivity contribution in [3.63, 3.8) is 0 Å². The molecule has 5 nitrogen and oxygen atoms in total. The second-order valence-electron chi connectivity index (χ2n) is 5.67. The van der Waals surface area contributed by atoms with Gasteiger partial charge in [-0.2, -0.15) is 5.26 Å². The van der Waals surface area contributed by atoms with Crippen molar-refractivity contribution in [2.45, 2.75) is 31.2 Å². The fourth-order valence-electron chi connectivity index (χ4n) is 2.78. The van der Waals surface area contributed by atoms with E-state index in [2.05, 4.69) is 18.0 Å². The lowest BCUT2D eigenvalue weighted by Gasteiger charge is -2.37. The third-order valence-electron chi connectivity index (χ3n) is 4.26. The van der Waals surface area contributed by atoms with Crippen molar-refractivity contribution in [2.24, 2.45) is 11.7 Å². The smallest absolute Gasteiger partial charge is 0.225 e. The third kappa shape index (κ3) is 2.82. The Balaban J connectivity index is 1.86. The lowest BCUT2D eigenvalue weighted by atomic mass is 9.77. The molecule has 1 aliphatic carbocycles. The van der Waals surface area contributed by atoms with Gasteiger partial charge in [0.2, 0.25) is 5.91 Å². The maximum atomic E-state index is 12.3. The highest BCUT2D eigenvalue weighted by atomic mass is 16.2. The van der Waals surface area contributed by atoms with Crippen molar-refractivity contribution < 1.29 is 4.79 Å². The van der Waals surface area contributed by atoms with E-state index in [-0.39, 0.29) is 11.8 Å². The van der Waals surface area contributed by atoms with Gasteiger partial charge in [-0.1, -0.05) is 0 Å². The van der Waals surface area contributed by atoms with Crippen molar-refractivity contribution in [3.05, 3.63) is 0 Å². The summed E-state index contributed by atoms with van der Waals surface area (Å²) in [5.41, 5.74) is 5.23.